The quantitative estimate of drug-likeness (QED) is 0.162. The predicted molar refractivity (Wildman–Crippen MR) is 194 cm³/mol. The van der Waals surface area contributed by atoms with Gasteiger partial charge in [-0.05, 0) is 25.0 Å². The molecule has 16 nitrogen and oxygen atoms in total. The summed E-state index contributed by atoms with van der Waals surface area (Å²) in [7, 11) is 1.94. The summed E-state index contributed by atoms with van der Waals surface area (Å²) in [4.78, 5) is 40.1. The molecule has 0 spiro atoms. The summed E-state index contributed by atoms with van der Waals surface area (Å²) in [6.07, 6.45) is 6.28. The molecule has 3 aliphatic carbocycles. The molecule has 5 aromatic heterocycles. The summed E-state index contributed by atoms with van der Waals surface area (Å²) in [6.45, 7) is 1.65. The molecular weight excluding hydrogens is 797 g/mol. The zero-order valence-electron chi connectivity index (χ0n) is 30.0. The predicted octanol–water partition coefficient (Wildman–Crippen LogP) is 4.00. The lowest BCUT2D eigenvalue weighted by atomic mass is 10.2. The standard InChI is InChI=1S/C21H21ClF2N8O.C14H12ClF2N5O2/c1-30-10-25-18-14(3-4-16(18)30)26-20(33)15-9-32(29-28-15)6-11-2-5-17(27-19(11)22)31-7-12-13(8-31)21(12,23)24;15-12-7(3-22-6-10(13(23)24)19-20-22)1-2-11(18-12)21-4-8-9(5-21)14(8,16)17/h2,5,9-10,12-14H,3-4,6-8H2,1H3,(H,26,33);1-2,6,8-9H,3-5H2,(H,23,24)/t12?,13?,14-;/m1./s1. The van der Waals surface area contributed by atoms with Crippen molar-refractivity contribution in [2.45, 2.75) is 43.8 Å². The summed E-state index contributed by atoms with van der Waals surface area (Å²) in [5.74, 6) is -7.70. The van der Waals surface area contributed by atoms with E-state index >= 15 is 0 Å². The number of anilines is 2. The van der Waals surface area contributed by atoms with Crippen LogP contribution in [0.4, 0.5) is 29.2 Å². The molecule has 7 heterocycles. The van der Waals surface area contributed by atoms with Gasteiger partial charge in [-0.15, -0.1) is 10.2 Å². The van der Waals surface area contributed by atoms with Gasteiger partial charge in [-0.25, -0.2) is 46.7 Å². The highest BCUT2D eigenvalue weighted by Crippen LogP contribution is 2.60. The number of nitrogens with zero attached hydrogens (tertiary/aromatic N) is 12. The molecule has 4 unspecified atom stereocenters. The molecule has 0 aromatic carbocycles. The molecule has 0 radical (unpaired) electrons. The number of hydrogen-bond acceptors (Lipinski definition) is 11. The van der Waals surface area contributed by atoms with E-state index in [1.54, 1.807) is 41.7 Å². The van der Waals surface area contributed by atoms with Gasteiger partial charge in [0.1, 0.15) is 21.9 Å². The molecule has 0 bridgehead atoms. The summed E-state index contributed by atoms with van der Waals surface area (Å²) in [5, 5.41) is 27.6. The Hall–Kier alpha value is -5.37. The number of carbonyl (C=O) groups is 2. The fraction of sp³-hybridized carbons (Fsp3) is 0.457. The first-order valence-electron chi connectivity index (χ1n) is 18.1. The van der Waals surface area contributed by atoms with Crippen LogP contribution in [0.3, 0.4) is 0 Å². The molecule has 298 valence electrons. The Balaban J connectivity index is 0.000000156. The van der Waals surface area contributed by atoms with E-state index in [0.717, 1.165) is 24.2 Å². The van der Waals surface area contributed by atoms with Gasteiger partial charge in [0.2, 0.25) is 0 Å². The average Bonchev–Trinajstić information content (AvgIpc) is 3.87. The van der Waals surface area contributed by atoms with E-state index in [1.165, 1.54) is 15.6 Å². The van der Waals surface area contributed by atoms with E-state index in [-0.39, 0.29) is 59.8 Å². The number of rotatable bonds is 9. The van der Waals surface area contributed by atoms with Crippen molar-refractivity contribution in [2.24, 2.45) is 30.7 Å². The van der Waals surface area contributed by atoms with Gasteiger partial charge in [-0.3, -0.25) is 4.79 Å². The zero-order valence-corrected chi connectivity index (χ0v) is 31.5. The summed E-state index contributed by atoms with van der Waals surface area (Å²) >= 11 is 12.5. The summed E-state index contributed by atoms with van der Waals surface area (Å²) < 4.78 is 58.2. The molecule has 2 saturated heterocycles. The van der Waals surface area contributed by atoms with Crippen molar-refractivity contribution in [2.75, 3.05) is 36.0 Å². The monoisotopic (exact) mass is 829 g/mol. The third-order valence-electron chi connectivity index (χ3n) is 11.5. The van der Waals surface area contributed by atoms with Gasteiger partial charge in [-0.1, -0.05) is 45.8 Å². The van der Waals surface area contributed by atoms with Crippen LogP contribution in [0.1, 0.15) is 56.0 Å². The molecule has 2 N–H and O–H groups in total. The van der Waals surface area contributed by atoms with Gasteiger partial charge < -0.3 is 24.8 Å². The highest BCUT2D eigenvalue weighted by atomic mass is 35.5. The number of halogens is 6. The lowest BCUT2D eigenvalue weighted by Crippen LogP contribution is -2.28. The largest absolute Gasteiger partial charge is 0.476 e. The topological polar surface area (TPSA) is 178 Å². The lowest BCUT2D eigenvalue weighted by molar-refractivity contribution is 0.0689. The third-order valence-corrected chi connectivity index (χ3v) is 12.1. The van der Waals surface area contributed by atoms with Gasteiger partial charge in [0.15, 0.2) is 11.4 Å². The number of hydrogen-bond donors (Lipinski definition) is 2. The SMILES string of the molecule is Cn1cnc2c1CC[C@H]2NC(=O)c1cn(Cc2ccc(N3CC4C(C3)C4(F)F)nc2Cl)nn1.O=C(O)c1cn(Cc2ccc(N3CC4C(C3)C4(F)F)nc2Cl)nn1. The second kappa shape index (κ2) is 13.6. The molecule has 5 aliphatic rings. The van der Waals surface area contributed by atoms with Gasteiger partial charge in [0, 0.05) is 50.0 Å². The van der Waals surface area contributed by atoms with Crippen LogP contribution in [0.25, 0.3) is 0 Å². The molecule has 5 aromatic rings. The van der Waals surface area contributed by atoms with E-state index in [2.05, 4.69) is 40.9 Å². The number of fused-ring (bicyclic) bond motifs is 3. The van der Waals surface area contributed by atoms with Gasteiger partial charge in [0.05, 0.1) is 67.2 Å². The second-order valence-corrected chi connectivity index (χ2v) is 15.7. The van der Waals surface area contributed by atoms with Crippen LogP contribution in [0.5, 0.6) is 0 Å². The number of pyridine rings is 2. The Morgan fingerprint density at radius 3 is 1.77 bits per heavy atom. The first-order valence-corrected chi connectivity index (χ1v) is 18.8. The minimum absolute atomic E-state index is 0.137. The highest BCUT2D eigenvalue weighted by Gasteiger charge is 2.72. The first-order chi connectivity index (χ1) is 27.2. The van der Waals surface area contributed by atoms with Crippen LogP contribution in [0.15, 0.2) is 43.0 Å². The Labute approximate surface area is 330 Å². The second-order valence-electron chi connectivity index (χ2n) is 15.0. The van der Waals surface area contributed by atoms with E-state index < -0.39 is 41.5 Å². The molecule has 10 rings (SSSR count). The van der Waals surface area contributed by atoms with Crippen molar-refractivity contribution in [1.29, 1.82) is 0 Å². The molecule has 57 heavy (non-hydrogen) atoms. The van der Waals surface area contributed by atoms with Crippen molar-refractivity contribution in [3.63, 3.8) is 0 Å². The number of amides is 1. The number of nitrogens with one attached hydrogen (secondary N) is 1. The molecule has 4 fully saturated rings. The van der Waals surface area contributed by atoms with Crippen molar-refractivity contribution in [3.05, 3.63) is 87.2 Å². The number of piperidine rings is 2. The molecule has 2 aliphatic heterocycles. The number of carbonyl (C=O) groups excluding carboxylic acids is 1. The Kier molecular flexibility index (Phi) is 8.90. The number of aromatic carboxylic acids is 1. The van der Waals surface area contributed by atoms with Crippen LogP contribution >= 0.6 is 23.2 Å². The van der Waals surface area contributed by atoms with Crippen molar-refractivity contribution in [3.8, 4) is 0 Å². The number of carboxylic acids is 1. The Bertz CT molecular complexity index is 2380. The Morgan fingerprint density at radius 1 is 0.807 bits per heavy atom. The minimum atomic E-state index is -2.53. The summed E-state index contributed by atoms with van der Waals surface area (Å²) in [5.41, 5.74) is 3.41. The molecular formula is C35H33Cl2F4N13O3. The minimum Gasteiger partial charge on any atom is -0.476 e. The maximum atomic E-state index is 13.4. The number of carboxylic acid groups (broad SMARTS) is 1. The zero-order chi connectivity index (χ0) is 40.0. The number of imidazole rings is 1. The van der Waals surface area contributed by atoms with Crippen LogP contribution in [0, 0.1) is 23.7 Å². The smallest absolute Gasteiger partial charge is 0.358 e. The van der Waals surface area contributed by atoms with E-state index in [0.29, 0.717) is 35.9 Å². The van der Waals surface area contributed by atoms with Crippen molar-refractivity contribution < 1.29 is 32.3 Å². The van der Waals surface area contributed by atoms with Crippen molar-refractivity contribution in [1.82, 2.24) is 54.8 Å². The van der Waals surface area contributed by atoms with Crippen LogP contribution < -0.4 is 15.1 Å². The Morgan fingerprint density at radius 2 is 1.30 bits per heavy atom. The molecule has 5 atom stereocenters. The fourth-order valence-corrected chi connectivity index (χ4v) is 8.47. The van der Waals surface area contributed by atoms with Gasteiger partial charge >= 0.3 is 5.97 Å². The number of aryl methyl sites for hydroxylation is 1. The normalized spacial score (nSPS) is 24.4. The van der Waals surface area contributed by atoms with Gasteiger partial charge in [-0.2, -0.15) is 0 Å². The fourth-order valence-electron chi connectivity index (χ4n) is 8.05. The van der Waals surface area contributed by atoms with Crippen LogP contribution in [-0.4, -0.2) is 105 Å². The summed E-state index contributed by atoms with van der Waals surface area (Å²) in [6, 6.07) is 6.89. The number of alkyl halides is 4. The van der Waals surface area contributed by atoms with E-state index in [4.69, 9.17) is 28.3 Å². The average molecular weight is 831 g/mol. The van der Waals surface area contributed by atoms with Gasteiger partial charge in [0.25, 0.3) is 17.8 Å². The first kappa shape index (κ1) is 37.2. The molecule has 22 heteroatoms. The molecule has 1 amide bonds. The maximum Gasteiger partial charge on any atom is 0.358 e. The van der Waals surface area contributed by atoms with E-state index in [1.807, 2.05) is 16.5 Å². The third kappa shape index (κ3) is 6.81. The molecule has 2 saturated carbocycles. The van der Waals surface area contributed by atoms with E-state index in [9.17, 15) is 27.2 Å². The van der Waals surface area contributed by atoms with Crippen molar-refractivity contribution >= 4 is 46.7 Å². The lowest BCUT2D eigenvalue weighted by Gasteiger charge is -2.21. The highest BCUT2D eigenvalue weighted by molar-refractivity contribution is 6.30. The maximum absolute atomic E-state index is 13.4. The van der Waals surface area contributed by atoms with Crippen LogP contribution in [0.2, 0.25) is 10.3 Å². The number of aromatic nitrogens is 10. The van der Waals surface area contributed by atoms with Crippen LogP contribution in [-0.2, 0) is 26.6 Å².